The van der Waals surface area contributed by atoms with Gasteiger partial charge in [0.15, 0.2) is 11.5 Å². The number of nitrogens with zero attached hydrogens (tertiary/aromatic N) is 3. The van der Waals surface area contributed by atoms with Crippen molar-refractivity contribution in [3.05, 3.63) is 53.9 Å². The molecule has 1 N–H and O–H groups in total. The van der Waals surface area contributed by atoms with Gasteiger partial charge in [0, 0.05) is 26.1 Å². The van der Waals surface area contributed by atoms with Crippen molar-refractivity contribution in [3.63, 3.8) is 0 Å². The fraction of sp³-hybridized carbons (Fsp3) is 0.423. The Morgan fingerprint density at radius 2 is 1.76 bits per heavy atom. The molecule has 8 nitrogen and oxygen atoms in total. The van der Waals surface area contributed by atoms with Gasteiger partial charge in [0.2, 0.25) is 11.8 Å². The van der Waals surface area contributed by atoms with Gasteiger partial charge in [-0.2, -0.15) is 0 Å². The van der Waals surface area contributed by atoms with Crippen molar-refractivity contribution in [2.24, 2.45) is 0 Å². The van der Waals surface area contributed by atoms with Crippen molar-refractivity contribution in [2.75, 3.05) is 33.9 Å². The van der Waals surface area contributed by atoms with Gasteiger partial charge in [-0.15, -0.1) is 0 Å². The van der Waals surface area contributed by atoms with Gasteiger partial charge >= 0.3 is 0 Å². The van der Waals surface area contributed by atoms with Gasteiger partial charge in [-0.05, 0) is 49.1 Å². The zero-order chi connectivity index (χ0) is 23.9. The highest BCUT2D eigenvalue weighted by Gasteiger charge is 2.20. The summed E-state index contributed by atoms with van der Waals surface area (Å²) < 4.78 is 12.6. The van der Waals surface area contributed by atoms with Crippen molar-refractivity contribution in [3.8, 4) is 11.5 Å². The fourth-order valence-electron chi connectivity index (χ4n) is 4.42. The lowest BCUT2D eigenvalue weighted by Gasteiger charge is -2.27. The number of fused-ring (bicyclic) bond motifs is 1. The summed E-state index contributed by atoms with van der Waals surface area (Å²) in [6.07, 6.45) is 4.10. The van der Waals surface area contributed by atoms with Crippen LogP contribution >= 0.6 is 0 Å². The van der Waals surface area contributed by atoms with Crippen LogP contribution in [0.4, 0.5) is 0 Å². The number of aromatic nitrogens is 2. The lowest BCUT2D eigenvalue weighted by Crippen LogP contribution is -2.38. The molecule has 0 unspecified atom stereocenters. The number of hydrogen-bond donors (Lipinski definition) is 1. The number of carbonyl (C=O) groups excluding carboxylic acids is 2. The van der Waals surface area contributed by atoms with Crippen LogP contribution < -0.4 is 14.8 Å². The van der Waals surface area contributed by atoms with E-state index in [1.807, 2.05) is 45.9 Å². The predicted molar refractivity (Wildman–Crippen MR) is 130 cm³/mol. The highest BCUT2D eigenvalue weighted by molar-refractivity contribution is 5.81. The van der Waals surface area contributed by atoms with Crippen molar-refractivity contribution < 1.29 is 19.1 Å². The summed E-state index contributed by atoms with van der Waals surface area (Å²) >= 11 is 0. The zero-order valence-corrected chi connectivity index (χ0v) is 19.9. The molecule has 1 aliphatic rings. The van der Waals surface area contributed by atoms with Crippen molar-refractivity contribution in [2.45, 2.75) is 38.6 Å². The van der Waals surface area contributed by atoms with E-state index in [0.717, 1.165) is 48.4 Å². The summed E-state index contributed by atoms with van der Waals surface area (Å²) in [5.74, 6) is 2.07. The molecule has 0 atom stereocenters. The largest absolute Gasteiger partial charge is 0.493 e. The minimum Gasteiger partial charge on any atom is -0.493 e. The molecule has 8 heteroatoms. The Bertz CT molecular complexity index is 1150. The van der Waals surface area contributed by atoms with Crippen molar-refractivity contribution in [1.29, 1.82) is 0 Å². The number of nitrogens with one attached hydrogen (secondary N) is 1. The monoisotopic (exact) mass is 464 g/mol. The second-order valence-electron chi connectivity index (χ2n) is 8.51. The van der Waals surface area contributed by atoms with Crippen LogP contribution in [0.15, 0.2) is 42.5 Å². The summed E-state index contributed by atoms with van der Waals surface area (Å²) in [6.45, 7) is 2.36. The Hall–Kier alpha value is -3.55. The third-order valence-electron chi connectivity index (χ3n) is 6.22. The molecule has 0 saturated carbocycles. The first-order chi connectivity index (χ1) is 16.6. The van der Waals surface area contributed by atoms with Gasteiger partial charge in [-0.3, -0.25) is 9.59 Å². The van der Waals surface area contributed by atoms with Crippen LogP contribution in [-0.4, -0.2) is 60.1 Å². The molecule has 180 valence electrons. The van der Waals surface area contributed by atoms with E-state index in [2.05, 4.69) is 5.32 Å². The maximum Gasteiger partial charge on any atom is 0.242 e. The number of piperidine rings is 1. The number of benzene rings is 2. The van der Waals surface area contributed by atoms with E-state index in [1.54, 1.807) is 20.3 Å². The normalized spacial score (nSPS) is 13.6. The van der Waals surface area contributed by atoms with Crippen molar-refractivity contribution in [1.82, 2.24) is 19.8 Å². The van der Waals surface area contributed by atoms with E-state index >= 15 is 0 Å². The Morgan fingerprint density at radius 3 is 2.53 bits per heavy atom. The molecule has 1 aromatic heterocycles. The number of carbonyl (C=O) groups is 2. The minimum absolute atomic E-state index is 0.0840. The van der Waals surface area contributed by atoms with Gasteiger partial charge in [0.25, 0.3) is 0 Å². The Morgan fingerprint density at radius 1 is 1.00 bits per heavy atom. The lowest BCUT2D eigenvalue weighted by atomic mass is 10.1. The molecule has 0 spiro atoms. The van der Waals surface area contributed by atoms with Gasteiger partial charge in [-0.25, -0.2) is 4.98 Å². The third kappa shape index (κ3) is 5.50. The molecule has 1 aliphatic heterocycles. The number of likely N-dealkylation sites (tertiary alicyclic amines) is 1. The van der Waals surface area contributed by atoms with Crippen LogP contribution in [-0.2, 0) is 29.0 Å². The van der Waals surface area contributed by atoms with Crippen molar-refractivity contribution >= 4 is 22.8 Å². The first-order valence-electron chi connectivity index (χ1n) is 11.8. The minimum atomic E-state index is -0.0840. The van der Waals surface area contributed by atoms with E-state index in [9.17, 15) is 9.59 Å². The Balaban J connectivity index is 1.39. The molecule has 1 fully saturated rings. The summed E-state index contributed by atoms with van der Waals surface area (Å²) in [5, 5.41) is 2.97. The van der Waals surface area contributed by atoms with Crippen LogP contribution in [0.25, 0.3) is 11.0 Å². The van der Waals surface area contributed by atoms with E-state index in [4.69, 9.17) is 14.5 Å². The van der Waals surface area contributed by atoms with Gasteiger partial charge < -0.3 is 24.3 Å². The molecule has 3 aromatic rings. The molecule has 4 rings (SSSR count). The first-order valence-corrected chi connectivity index (χ1v) is 11.8. The van der Waals surface area contributed by atoms with E-state index in [-0.39, 0.29) is 24.8 Å². The highest BCUT2D eigenvalue weighted by atomic mass is 16.5. The number of methoxy groups -OCH3 is 2. The Kier molecular flexibility index (Phi) is 7.67. The number of imidazole rings is 1. The number of hydrogen-bond acceptors (Lipinski definition) is 5. The molecule has 2 aromatic carbocycles. The summed E-state index contributed by atoms with van der Waals surface area (Å²) in [4.78, 5) is 32.2. The molecule has 34 heavy (non-hydrogen) atoms. The standard InChI is InChI=1S/C26H32N4O4/c1-33-22-11-10-19(16-23(22)34-2)17-25(31)27-13-12-24-28-20-8-4-5-9-21(20)30(24)18-26(32)29-14-6-3-7-15-29/h4-5,8-11,16H,3,6-7,12-15,17-18H2,1-2H3,(H,27,31). The topological polar surface area (TPSA) is 85.7 Å². The van der Waals surface area contributed by atoms with Gasteiger partial charge in [-0.1, -0.05) is 18.2 Å². The quantitative estimate of drug-likeness (QED) is 0.526. The second kappa shape index (κ2) is 11.0. The maximum atomic E-state index is 12.9. The van der Waals surface area contributed by atoms with Crippen LogP contribution in [0.5, 0.6) is 11.5 Å². The summed E-state index contributed by atoms with van der Waals surface area (Å²) in [5.41, 5.74) is 2.65. The average Bonchev–Trinajstić information content (AvgIpc) is 3.21. The molecule has 0 radical (unpaired) electrons. The third-order valence-corrected chi connectivity index (χ3v) is 6.22. The smallest absolute Gasteiger partial charge is 0.242 e. The van der Waals surface area contributed by atoms with Crippen LogP contribution in [0, 0.1) is 0 Å². The fourth-order valence-corrected chi connectivity index (χ4v) is 4.42. The molecule has 0 aliphatic carbocycles. The summed E-state index contributed by atoms with van der Waals surface area (Å²) in [6, 6.07) is 13.3. The molecule has 1 saturated heterocycles. The number of amides is 2. The van der Waals surface area contributed by atoms with Gasteiger partial charge in [0.1, 0.15) is 12.4 Å². The number of ether oxygens (including phenoxy) is 2. The van der Waals surface area contributed by atoms with E-state index < -0.39 is 0 Å². The zero-order valence-electron chi connectivity index (χ0n) is 19.9. The van der Waals surface area contributed by atoms with E-state index in [1.165, 1.54) is 6.42 Å². The molecular weight excluding hydrogens is 432 g/mol. The molecule has 2 heterocycles. The number of rotatable bonds is 9. The SMILES string of the molecule is COc1ccc(CC(=O)NCCc2nc3ccccc3n2CC(=O)N2CCCCC2)cc1OC. The lowest BCUT2D eigenvalue weighted by molar-refractivity contribution is -0.132. The van der Waals surface area contributed by atoms with Crippen LogP contribution in [0.2, 0.25) is 0 Å². The average molecular weight is 465 g/mol. The second-order valence-corrected chi connectivity index (χ2v) is 8.51. The summed E-state index contributed by atoms with van der Waals surface area (Å²) in [7, 11) is 3.15. The molecule has 2 amide bonds. The van der Waals surface area contributed by atoms with Crippen LogP contribution in [0.3, 0.4) is 0 Å². The van der Waals surface area contributed by atoms with Crippen LogP contribution in [0.1, 0.15) is 30.7 Å². The van der Waals surface area contributed by atoms with E-state index in [0.29, 0.717) is 24.5 Å². The van der Waals surface area contributed by atoms with Gasteiger partial charge in [0.05, 0.1) is 31.7 Å². The number of para-hydroxylation sites is 2. The molecular formula is C26H32N4O4. The predicted octanol–water partition coefficient (Wildman–Crippen LogP) is 2.97. The maximum absolute atomic E-state index is 12.9. The highest BCUT2D eigenvalue weighted by Crippen LogP contribution is 2.27. The molecule has 0 bridgehead atoms. The first kappa shape index (κ1) is 23.6. The Labute approximate surface area is 199 Å².